The second-order valence-corrected chi connectivity index (χ2v) is 4.55. The third-order valence-corrected chi connectivity index (χ3v) is 2.76. The zero-order valence-electron chi connectivity index (χ0n) is 10.1. The first-order valence-electron chi connectivity index (χ1n) is 5.39. The summed E-state index contributed by atoms with van der Waals surface area (Å²) in [5.74, 6) is -1.14. The molecule has 0 heterocycles. The van der Waals surface area contributed by atoms with Crippen LogP contribution in [-0.2, 0) is 4.79 Å². The Morgan fingerprint density at radius 1 is 1.39 bits per heavy atom. The molecule has 0 bridgehead atoms. The van der Waals surface area contributed by atoms with Crippen LogP contribution in [0.5, 0.6) is 0 Å². The predicted octanol–water partition coefficient (Wildman–Crippen LogP) is 2.95. The number of carbonyl (C=O) groups is 1. The highest BCUT2D eigenvalue weighted by molar-refractivity contribution is 6.32. The molecular weight excluding hydrogens is 250 g/mol. The van der Waals surface area contributed by atoms with Crippen molar-refractivity contribution in [2.75, 3.05) is 5.32 Å². The molecule has 1 unspecified atom stereocenters. The first kappa shape index (κ1) is 14.0. The van der Waals surface area contributed by atoms with Gasteiger partial charge in [0.15, 0.2) is 0 Å². The molecule has 0 saturated carbocycles. The minimum Gasteiger partial charge on any atom is -0.325 e. The van der Waals surface area contributed by atoms with Gasteiger partial charge in [-0.05, 0) is 24.1 Å². The van der Waals surface area contributed by atoms with Crippen molar-refractivity contribution in [1.29, 1.82) is 10.5 Å². The lowest BCUT2D eigenvalue weighted by atomic mass is 9.96. The number of halogens is 1. The van der Waals surface area contributed by atoms with Gasteiger partial charge in [0.05, 0.1) is 16.7 Å². The molecule has 0 radical (unpaired) electrons. The number of amides is 1. The average molecular weight is 262 g/mol. The summed E-state index contributed by atoms with van der Waals surface area (Å²) in [4.78, 5) is 11.8. The summed E-state index contributed by atoms with van der Waals surface area (Å²) < 4.78 is 0. The molecule has 0 aliphatic rings. The Morgan fingerprint density at radius 2 is 2.06 bits per heavy atom. The molecular formula is C13H12ClN3O. The van der Waals surface area contributed by atoms with Gasteiger partial charge >= 0.3 is 0 Å². The standard InChI is InChI=1S/C13H12ClN3O/c1-8(2)11(7-16)13(18)17-10-4-3-9(6-15)12(14)5-10/h3-5,8,11H,1-2H3,(H,17,18). The number of anilines is 1. The van der Waals surface area contributed by atoms with Crippen LogP contribution in [0.1, 0.15) is 19.4 Å². The van der Waals surface area contributed by atoms with Crippen molar-refractivity contribution in [2.24, 2.45) is 11.8 Å². The maximum Gasteiger partial charge on any atom is 0.241 e. The van der Waals surface area contributed by atoms with Gasteiger partial charge < -0.3 is 5.32 Å². The lowest BCUT2D eigenvalue weighted by Crippen LogP contribution is -2.25. The molecule has 92 valence electrons. The molecule has 0 aromatic heterocycles. The third-order valence-electron chi connectivity index (χ3n) is 2.45. The van der Waals surface area contributed by atoms with E-state index in [1.807, 2.05) is 12.1 Å². The van der Waals surface area contributed by atoms with E-state index in [0.29, 0.717) is 11.3 Å². The van der Waals surface area contributed by atoms with Crippen LogP contribution in [0.15, 0.2) is 18.2 Å². The van der Waals surface area contributed by atoms with Gasteiger partial charge in [-0.1, -0.05) is 25.4 Å². The lowest BCUT2D eigenvalue weighted by Gasteiger charge is -2.13. The van der Waals surface area contributed by atoms with Gasteiger partial charge in [0, 0.05) is 5.69 Å². The molecule has 5 heteroatoms. The van der Waals surface area contributed by atoms with Crippen molar-refractivity contribution in [3.8, 4) is 12.1 Å². The highest BCUT2D eigenvalue weighted by Gasteiger charge is 2.21. The van der Waals surface area contributed by atoms with E-state index in [1.165, 1.54) is 12.1 Å². The molecule has 0 fully saturated rings. The van der Waals surface area contributed by atoms with Crippen molar-refractivity contribution in [3.05, 3.63) is 28.8 Å². The fraction of sp³-hybridized carbons (Fsp3) is 0.308. The Kier molecular flexibility index (Phi) is 4.71. The molecule has 1 N–H and O–H groups in total. The van der Waals surface area contributed by atoms with Gasteiger partial charge in [-0.2, -0.15) is 10.5 Å². The number of nitrogens with zero attached hydrogens (tertiary/aromatic N) is 2. The van der Waals surface area contributed by atoms with Gasteiger partial charge in [0.1, 0.15) is 12.0 Å². The van der Waals surface area contributed by atoms with Crippen molar-refractivity contribution in [2.45, 2.75) is 13.8 Å². The Hall–Kier alpha value is -2.04. The van der Waals surface area contributed by atoms with E-state index in [-0.39, 0.29) is 16.8 Å². The first-order valence-corrected chi connectivity index (χ1v) is 5.77. The summed E-state index contributed by atoms with van der Waals surface area (Å²) in [6.45, 7) is 3.61. The quantitative estimate of drug-likeness (QED) is 0.909. The van der Waals surface area contributed by atoms with Gasteiger partial charge in [0.2, 0.25) is 5.91 Å². The van der Waals surface area contributed by atoms with Gasteiger partial charge in [-0.25, -0.2) is 0 Å². The van der Waals surface area contributed by atoms with E-state index < -0.39 is 5.92 Å². The predicted molar refractivity (Wildman–Crippen MR) is 68.7 cm³/mol. The summed E-state index contributed by atoms with van der Waals surface area (Å²) >= 11 is 5.85. The van der Waals surface area contributed by atoms with Crippen molar-refractivity contribution < 1.29 is 4.79 Å². The number of carbonyl (C=O) groups excluding carboxylic acids is 1. The molecule has 1 rings (SSSR count). The Bertz CT molecular complexity index is 540. The SMILES string of the molecule is CC(C)C(C#N)C(=O)Nc1ccc(C#N)c(Cl)c1. The van der Waals surface area contributed by atoms with Crippen LogP contribution in [0, 0.1) is 34.5 Å². The largest absolute Gasteiger partial charge is 0.325 e. The molecule has 1 amide bonds. The summed E-state index contributed by atoms with van der Waals surface area (Å²) in [5, 5.41) is 20.5. The van der Waals surface area contributed by atoms with E-state index in [4.69, 9.17) is 22.1 Å². The van der Waals surface area contributed by atoms with Crippen molar-refractivity contribution in [3.63, 3.8) is 0 Å². The first-order chi connectivity index (χ1) is 8.49. The maximum absolute atomic E-state index is 11.8. The van der Waals surface area contributed by atoms with Crippen molar-refractivity contribution >= 4 is 23.2 Å². The molecule has 1 aromatic rings. The van der Waals surface area contributed by atoms with Gasteiger partial charge in [-0.15, -0.1) is 0 Å². The van der Waals surface area contributed by atoms with Crippen LogP contribution in [-0.4, -0.2) is 5.91 Å². The van der Waals surface area contributed by atoms with Gasteiger partial charge in [0.25, 0.3) is 0 Å². The maximum atomic E-state index is 11.8. The highest BCUT2D eigenvalue weighted by atomic mass is 35.5. The zero-order valence-corrected chi connectivity index (χ0v) is 10.8. The number of hydrogen-bond donors (Lipinski definition) is 1. The topological polar surface area (TPSA) is 76.7 Å². The smallest absolute Gasteiger partial charge is 0.241 e. The fourth-order valence-electron chi connectivity index (χ4n) is 1.41. The van der Waals surface area contributed by atoms with Crippen LogP contribution >= 0.6 is 11.6 Å². The lowest BCUT2D eigenvalue weighted by molar-refractivity contribution is -0.119. The summed E-state index contributed by atoms with van der Waals surface area (Å²) in [6.07, 6.45) is 0. The number of rotatable bonds is 3. The fourth-order valence-corrected chi connectivity index (χ4v) is 1.64. The second kappa shape index (κ2) is 6.05. The van der Waals surface area contributed by atoms with E-state index in [2.05, 4.69) is 5.32 Å². The molecule has 4 nitrogen and oxygen atoms in total. The number of nitriles is 2. The molecule has 0 saturated heterocycles. The van der Waals surface area contributed by atoms with Crippen LogP contribution in [0.3, 0.4) is 0 Å². The van der Waals surface area contributed by atoms with Crippen LogP contribution in [0.25, 0.3) is 0 Å². The van der Waals surface area contributed by atoms with E-state index in [9.17, 15) is 4.79 Å². The minimum atomic E-state index is -0.709. The van der Waals surface area contributed by atoms with E-state index in [0.717, 1.165) is 0 Å². The summed E-state index contributed by atoms with van der Waals surface area (Å²) in [6, 6.07) is 8.49. The van der Waals surface area contributed by atoms with Crippen LogP contribution in [0.2, 0.25) is 5.02 Å². The zero-order chi connectivity index (χ0) is 13.7. The molecule has 1 atom stereocenters. The Labute approximate surface area is 111 Å². The molecule has 0 spiro atoms. The van der Waals surface area contributed by atoms with Crippen LogP contribution in [0.4, 0.5) is 5.69 Å². The van der Waals surface area contributed by atoms with E-state index in [1.54, 1.807) is 19.9 Å². The third kappa shape index (κ3) is 3.23. The molecule has 1 aromatic carbocycles. The Balaban J connectivity index is 2.87. The number of hydrogen-bond acceptors (Lipinski definition) is 3. The second-order valence-electron chi connectivity index (χ2n) is 4.15. The molecule has 18 heavy (non-hydrogen) atoms. The van der Waals surface area contributed by atoms with Crippen molar-refractivity contribution in [1.82, 2.24) is 0 Å². The Morgan fingerprint density at radius 3 is 2.50 bits per heavy atom. The minimum absolute atomic E-state index is 0.0659. The summed E-state index contributed by atoms with van der Waals surface area (Å²) in [5.41, 5.74) is 0.820. The molecule has 0 aliphatic heterocycles. The van der Waals surface area contributed by atoms with E-state index >= 15 is 0 Å². The number of nitrogens with one attached hydrogen (secondary N) is 1. The summed E-state index contributed by atoms with van der Waals surface area (Å²) in [7, 11) is 0. The number of benzene rings is 1. The normalized spacial score (nSPS) is 11.4. The molecule has 0 aliphatic carbocycles. The highest BCUT2D eigenvalue weighted by Crippen LogP contribution is 2.21. The average Bonchev–Trinajstić information content (AvgIpc) is 2.29. The van der Waals surface area contributed by atoms with Gasteiger partial charge in [-0.3, -0.25) is 4.79 Å². The monoisotopic (exact) mass is 261 g/mol. The van der Waals surface area contributed by atoms with Crippen LogP contribution < -0.4 is 5.32 Å².